The molecule has 8 heteroatoms. The van der Waals surface area contributed by atoms with Gasteiger partial charge in [0.05, 0.1) is 22.1 Å². The van der Waals surface area contributed by atoms with E-state index >= 15 is 0 Å². The van der Waals surface area contributed by atoms with Crippen LogP contribution >= 0.6 is 34.8 Å². The molecule has 0 saturated carbocycles. The number of carbonyl (C=O) groups is 1. The van der Waals surface area contributed by atoms with E-state index in [-0.39, 0.29) is 27.8 Å². The van der Waals surface area contributed by atoms with Crippen molar-refractivity contribution >= 4 is 50.6 Å². The first-order valence-corrected chi connectivity index (χ1v) is 9.20. The molecule has 0 amide bonds. The van der Waals surface area contributed by atoms with E-state index < -0.39 is 15.8 Å². The van der Waals surface area contributed by atoms with Crippen molar-refractivity contribution < 1.29 is 17.9 Å². The second-order valence-electron chi connectivity index (χ2n) is 4.57. The van der Waals surface area contributed by atoms with Gasteiger partial charge in [0.1, 0.15) is 5.75 Å². The zero-order valence-corrected chi connectivity index (χ0v) is 14.7. The number of sulfone groups is 1. The maximum absolute atomic E-state index is 12.1. The van der Waals surface area contributed by atoms with E-state index in [1.54, 1.807) is 0 Å². The van der Waals surface area contributed by atoms with Gasteiger partial charge in [-0.25, -0.2) is 8.42 Å². The van der Waals surface area contributed by atoms with Crippen LogP contribution < -0.4 is 4.74 Å². The highest BCUT2D eigenvalue weighted by Crippen LogP contribution is 2.27. The Morgan fingerprint density at radius 2 is 1.57 bits per heavy atom. The molecule has 122 valence electrons. The molecule has 0 saturated heterocycles. The minimum absolute atomic E-state index is 0.0965. The Morgan fingerprint density at radius 1 is 0.957 bits per heavy atom. The molecule has 0 bridgehead atoms. The summed E-state index contributed by atoms with van der Waals surface area (Å²) in [6.45, 7) is 0. The Labute approximate surface area is 148 Å². The highest BCUT2D eigenvalue weighted by molar-refractivity contribution is 7.91. The van der Waals surface area contributed by atoms with E-state index in [9.17, 15) is 13.2 Å². The summed E-state index contributed by atoms with van der Waals surface area (Å²) in [4.78, 5) is 11.9. The number of hydrogen-bond donors (Lipinski definition) is 0. The normalized spacial score (nSPS) is 11.3. The summed E-state index contributed by atoms with van der Waals surface area (Å²) in [7, 11) is -3.59. The SMILES string of the molecule is O=C(CCS(=O)(=O)c1ccc(Cl)cc1)Oc1ccc(Cl)cc1Cl. The van der Waals surface area contributed by atoms with Gasteiger partial charge in [0, 0.05) is 10.0 Å². The third-order valence-electron chi connectivity index (χ3n) is 2.87. The van der Waals surface area contributed by atoms with Gasteiger partial charge in [-0.3, -0.25) is 4.79 Å². The van der Waals surface area contributed by atoms with Gasteiger partial charge in [-0.2, -0.15) is 0 Å². The predicted molar refractivity (Wildman–Crippen MR) is 90.2 cm³/mol. The monoisotopic (exact) mass is 392 g/mol. The lowest BCUT2D eigenvalue weighted by Crippen LogP contribution is -2.15. The van der Waals surface area contributed by atoms with Crippen molar-refractivity contribution in [3.05, 3.63) is 57.5 Å². The summed E-state index contributed by atoms with van der Waals surface area (Å²) in [6.07, 6.45) is -0.302. The van der Waals surface area contributed by atoms with Crippen molar-refractivity contribution in [2.75, 3.05) is 5.75 Å². The molecule has 0 radical (unpaired) electrons. The Balaban J connectivity index is 1.99. The van der Waals surface area contributed by atoms with Gasteiger partial charge in [-0.1, -0.05) is 34.8 Å². The van der Waals surface area contributed by atoms with Crippen molar-refractivity contribution in [3.63, 3.8) is 0 Å². The molecule has 0 N–H and O–H groups in total. The molecule has 4 nitrogen and oxygen atoms in total. The Bertz CT molecular complexity index is 817. The molecule has 0 aliphatic rings. The summed E-state index contributed by atoms with van der Waals surface area (Å²) < 4.78 is 29.3. The summed E-state index contributed by atoms with van der Waals surface area (Å²) in [5.41, 5.74) is 0. The van der Waals surface area contributed by atoms with Crippen LogP contribution in [0.1, 0.15) is 6.42 Å². The summed E-state index contributed by atoms with van der Waals surface area (Å²) in [5, 5.41) is 1.01. The fourth-order valence-electron chi connectivity index (χ4n) is 1.71. The van der Waals surface area contributed by atoms with E-state index in [0.29, 0.717) is 10.0 Å². The first kappa shape index (κ1) is 18.1. The fraction of sp³-hybridized carbons (Fsp3) is 0.133. The number of hydrogen-bond acceptors (Lipinski definition) is 4. The average Bonchev–Trinajstić information content (AvgIpc) is 2.49. The fourth-order valence-corrected chi connectivity index (χ4v) is 3.50. The molecule has 0 aromatic heterocycles. The minimum atomic E-state index is -3.59. The van der Waals surface area contributed by atoms with Crippen molar-refractivity contribution in [1.29, 1.82) is 0 Å². The topological polar surface area (TPSA) is 60.4 Å². The number of carbonyl (C=O) groups excluding carboxylic acids is 1. The Morgan fingerprint density at radius 3 is 2.17 bits per heavy atom. The lowest BCUT2D eigenvalue weighted by atomic mass is 10.3. The predicted octanol–water partition coefficient (Wildman–Crippen LogP) is 4.42. The first-order chi connectivity index (χ1) is 10.8. The molecule has 0 atom stereocenters. The molecule has 2 aromatic rings. The van der Waals surface area contributed by atoms with Gasteiger partial charge in [0.2, 0.25) is 0 Å². The number of rotatable bonds is 5. The molecule has 0 aliphatic carbocycles. The largest absolute Gasteiger partial charge is 0.425 e. The van der Waals surface area contributed by atoms with Gasteiger partial charge in [-0.15, -0.1) is 0 Å². The lowest BCUT2D eigenvalue weighted by Gasteiger charge is -2.07. The number of ether oxygens (including phenoxy) is 1. The molecule has 0 unspecified atom stereocenters. The van der Waals surface area contributed by atoms with Crippen LogP contribution in [0, 0.1) is 0 Å². The highest BCUT2D eigenvalue weighted by Gasteiger charge is 2.18. The summed E-state index contributed by atoms with van der Waals surface area (Å²) in [6, 6.07) is 10.1. The third-order valence-corrected chi connectivity index (χ3v) is 5.38. The highest BCUT2D eigenvalue weighted by atomic mass is 35.5. The van der Waals surface area contributed by atoms with Crippen LogP contribution in [0.4, 0.5) is 0 Å². The summed E-state index contributed by atoms with van der Waals surface area (Å²) in [5.74, 6) is -0.949. The molecule has 2 rings (SSSR count). The van der Waals surface area contributed by atoms with Crippen molar-refractivity contribution in [2.24, 2.45) is 0 Å². The second kappa shape index (κ2) is 7.53. The quantitative estimate of drug-likeness (QED) is 0.557. The van der Waals surface area contributed by atoms with Crippen molar-refractivity contribution in [3.8, 4) is 5.75 Å². The maximum Gasteiger partial charge on any atom is 0.312 e. The standard InChI is InChI=1S/C15H11Cl3O4S/c16-10-1-4-12(5-2-10)23(20,21)8-7-15(19)22-14-6-3-11(17)9-13(14)18/h1-6,9H,7-8H2. The Hall–Kier alpha value is -1.27. The molecule has 0 spiro atoms. The zero-order valence-electron chi connectivity index (χ0n) is 11.6. The van der Waals surface area contributed by atoms with Crippen LogP contribution in [0.15, 0.2) is 47.4 Å². The Kier molecular flexibility index (Phi) is 5.92. The van der Waals surface area contributed by atoms with Crippen LogP contribution in [0.25, 0.3) is 0 Å². The van der Waals surface area contributed by atoms with E-state index in [1.165, 1.54) is 42.5 Å². The zero-order chi connectivity index (χ0) is 17.0. The molecule has 0 heterocycles. The number of halogens is 3. The minimum Gasteiger partial charge on any atom is -0.425 e. The smallest absolute Gasteiger partial charge is 0.312 e. The molecular weight excluding hydrogens is 383 g/mol. The molecular formula is C15H11Cl3O4S. The van der Waals surface area contributed by atoms with Crippen molar-refractivity contribution in [1.82, 2.24) is 0 Å². The van der Waals surface area contributed by atoms with Gasteiger partial charge in [0.15, 0.2) is 9.84 Å². The van der Waals surface area contributed by atoms with Gasteiger partial charge in [0.25, 0.3) is 0 Å². The first-order valence-electron chi connectivity index (χ1n) is 6.42. The number of esters is 1. The van der Waals surface area contributed by atoms with E-state index in [2.05, 4.69) is 0 Å². The lowest BCUT2D eigenvalue weighted by molar-refractivity contribution is -0.133. The van der Waals surface area contributed by atoms with Gasteiger partial charge < -0.3 is 4.74 Å². The molecule has 2 aromatic carbocycles. The van der Waals surface area contributed by atoms with Crippen LogP contribution in [0.2, 0.25) is 15.1 Å². The van der Waals surface area contributed by atoms with Crippen LogP contribution in [-0.2, 0) is 14.6 Å². The van der Waals surface area contributed by atoms with Gasteiger partial charge >= 0.3 is 5.97 Å². The molecule has 0 aliphatic heterocycles. The third kappa shape index (κ3) is 5.11. The van der Waals surface area contributed by atoms with Crippen molar-refractivity contribution in [2.45, 2.75) is 11.3 Å². The van der Waals surface area contributed by atoms with Crippen LogP contribution in [-0.4, -0.2) is 20.1 Å². The molecule has 0 fully saturated rings. The number of benzene rings is 2. The van der Waals surface area contributed by atoms with Gasteiger partial charge in [-0.05, 0) is 42.5 Å². The molecule has 23 heavy (non-hydrogen) atoms. The summed E-state index contributed by atoms with van der Waals surface area (Å²) >= 11 is 17.3. The second-order valence-corrected chi connectivity index (χ2v) is 7.96. The average molecular weight is 394 g/mol. The van der Waals surface area contributed by atoms with E-state index in [1.807, 2.05) is 0 Å². The van der Waals surface area contributed by atoms with Crippen LogP contribution in [0.3, 0.4) is 0 Å². The van der Waals surface area contributed by atoms with Crippen LogP contribution in [0.5, 0.6) is 5.75 Å². The van der Waals surface area contributed by atoms with E-state index in [4.69, 9.17) is 39.5 Å². The maximum atomic E-state index is 12.1. The van der Waals surface area contributed by atoms with E-state index in [0.717, 1.165) is 0 Å².